The zero-order chi connectivity index (χ0) is 13.1. The Morgan fingerprint density at radius 3 is 2.95 bits per heavy atom. The van der Waals surface area contributed by atoms with Gasteiger partial charge in [-0.25, -0.2) is 4.98 Å². The van der Waals surface area contributed by atoms with Crippen LogP contribution in [0, 0.1) is 0 Å². The molecule has 3 aromatic rings. The maximum Gasteiger partial charge on any atom is 0.213 e. The first-order valence-corrected chi connectivity index (χ1v) is 7.01. The van der Waals surface area contributed by atoms with Crippen LogP contribution in [0.3, 0.4) is 0 Å². The third-order valence-electron chi connectivity index (χ3n) is 2.87. The van der Waals surface area contributed by atoms with E-state index in [0.717, 1.165) is 23.0 Å². The van der Waals surface area contributed by atoms with Crippen molar-refractivity contribution < 1.29 is 4.74 Å². The highest BCUT2D eigenvalue weighted by Crippen LogP contribution is 2.19. The molecule has 2 N–H and O–H groups in total. The van der Waals surface area contributed by atoms with Gasteiger partial charge in [-0.1, -0.05) is 6.07 Å². The summed E-state index contributed by atoms with van der Waals surface area (Å²) >= 11 is 1.75. The average Bonchev–Trinajstić information content (AvgIpc) is 2.92. The van der Waals surface area contributed by atoms with E-state index in [9.17, 15) is 0 Å². The number of ether oxygens (including phenoxy) is 1. The smallest absolute Gasteiger partial charge is 0.213 e. The number of rotatable bonds is 4. The number of hydrogen-bond acceptors (Lipinski definition) is 4. The van der Waals surface area contributed by atoms with Crippen molar-refractivity contribution in [1.82, 2.24) is 4.98 Å². The summed E-state index contributed by atoms with van der Waals surface area (Å²) in [6.07, 6.45) is 0.916. The Bertz CT molecular complexity index is 680. The van der Waals surface area contributed by atoms with Crippen LogP contribution in [0.15, 0.2) is 47.8 Å². The van der Waals surface area contributed by atoms with Crippen LogP contribution in [-0.4, -0.2) is 11.6 Å². The largest absolute Gasteiger partial charge is 0.477 e. The van der Waals surface area contributed by atoms with Crippen LogP contribution in [0.2, 0.25) is 0 Å². The first-order valence-electron chi connectivity index (χ1n) is 6.13. The van der Waals surface area contributed by atoms with Gasteiger partial charge in [0, 0.05) is 28.4 Å². The molecule has 2 aromatic heterocycles. The third-order valence-corrected chi connectivity index (χ3v) is 3.80. The molecule has 0 saturated heterocycles. The number of hydrogen-bond donors (Lipinski definition) is 1. The highest BCUT2D eigenvalue weighted by Gasteiger charge is 2.00. The number of anilines is 1. The van der Waals surface area contributed by atoms with Crippen LogP contribution in [0.5, 0.6) is 5.88 Å². The van der Waals surface area contributed by atoms with E-state index < -0.39 is 0 Å². The minimum atomic E-state index is 0.647. The molecule has 4 heteroatoms. The van der Waals surface area contributed by atoms with Gasteiger partial charge in [-0.2, -0.15) is 0 Å². The number of nitrogens with two attached hydrogens (primary N) is 1. The lowest BCUT2D eigenvalue weighted by Gasteiger charge is -2.06. The van der Waals surface area contributed by atoms with Gasteiger partial charge in [-0.3, -0.25) is 0 Å². The first-order chi connectivity index (χ1) is 9.31. The van der Waals surface area contributed by atoms with Crippen molar-refractivity contribution in [3.05, 3.63) is 52.7 Å². The Morgan fingerprint density at radius 2 is 2.11 bits per heavy atom. The zero-order valence-corrected chi connectivity index (χ0v) is 11.2. The fraction of sp³-hybridized carbons (Fsp3) is 0.133. The molecule has 0 spiro atoms. The molecule has 0 unspecified atom stereocenters. The van der Waals surface area contributed by atoms with E-state index in [2.05, 4.69) is 22.5 Å². The summed E-state index contributed by atoms with van der Waals surface area (Å²) in [6, 6.07) is 13.7. The topological polar surface area (TPSA) is 48.1 Å². The van der Waals surface area contributed by atoms with E-state index in [4.69, 9.17) is 10.5 Å². The van der Waals surface area contributed by atoms with Crippen LogP contribution in [0.25, 0.3) is 10.9 Å². The molecule has 0 bridgehead atoms. The number of thiophene rings is 1. The van der Waals surface area contributed by atoms with Gasteiger partial charge < -0.3 is 10.5 Å². The highest BCUT2D eigenvalue weighted by atomic mass is 32.1. The van der Waals surface area contributed by atoms with E-state index in [-0.39, 0.29) is 0 Å². The van der Waals surface area contributed by atoms with Crippen LogP contribution < -0.4 is 10.5 Å². The van der Waals surface area contributed by atoms with Gasteiger partial charge in [0.1, 0.15) is 0 Å². The molecule has 0 aliphatic rings. The summed E-state index contributed by atoms with van der Waals surface area (Å²) in [5.41, 5.74) is 7.39. The Hall–Kier alpha value is -2.07. The molecule has 3 rings (SSSR count). The maximum atomic E-state index is 5.74. The Balaban J connectivity index is 1.69. The zero-order valence-electron chi connectivity index (χ0n) is 10.4. The van der Waals surface area contributed by atoms with Crippen molar-refractivity contribution in [3.8, 4) is 5.88 Å². The molecule has 19 heavy (non-hydrogen) atoms. The van der Waals surface area contributed by atoms with Gasteiger partial charge in [-0.15, -0.1) is 11.3 Å². The minimum Gasteiger partial charge on any atom is -0.477 e. The fourth-order valence-electron chi connectivity index (χ4n) is 1.92. The van der Waals surface area contributed by atoms with Gasteiger partial charge >= 0.3 is 0 Å². The molecule has 0 aliphatic heterocycles. The quantitative estimate of drug-likeness (QED) is 0.738. The van der Waals surface area contributed by atoms with Crippen molar-refractivity contribution in [2.45, 2.75) is 6.42 Å². The van der Waals surface area contributed by atoms with Crippen LogP contribution in [0.4, 0.5) is 5.69 Å². The van der Waals surface area contributed by atoms with E-state index in [1.165, 1.54) is 4.88 Å². The van der Waals surface area contributed by atoms with Gasteiger partial charge in [0.2, 0.25) is 5.88 Å². The minimum absolute atomic E-state index is 0.647. The standard InChI is InChI=1S/C15H14N2OS/c16-12-4-5-14-11(10-12)3-6-15(17-14)18-8-7-13-2-1-9-19-13/h1-6,9-10H,7-8,16H2. The molecule has 0 amide bonds. The second kappa shape index (κ2) is 5.28. The van der Waals surface area contributed by atoms with E-state index >= 15 is 0 Å². The summed E-state index contributed by atoms with van der Waals surface area (Å²) < 4.78 is 5.68. The molecule has 0 fully saturated rings. The fourth-order valence-corrected chi connectivity index (χ4v) is 2.61. The third kappa shape index (κ3) is 2.85. The second-order valence-electron chi connectivity index (χ2n) is 4.28. The predicted octanol–water partition coefficient (Wildman–Crippen LogP) is 3.50. The molecule has 0 aliphatic carbocycles. The molecular formula is C15H14N2OS. The van der Waals surface area contributed by atoms with Crippen molar-refractivity contribution in [1.29, 1.82) is 0 Å². The Morgan fingerprint density at radius 1 is 1.16 bits per heavy atom. The van der Waals surface area contributed by atoms with E-state index in [0.29, 0.717) is 12.5 Å². The molecule has 3 nitrogen and oxygen atoms in total. The Labute approximate surface area is 115 Å². The molecule has 0 atom stereocenters. The van der Waals surface area contributed by atoms with Gasteiger partial charge in [0.15, 0.2) is 0 Å². The highest BCUT2D eigenvalue weighted by molar-refractivity contribution is 7.09. The maximum absolute atomic E-state index is 5.74. The number of fused-ring (bicyclic) bond motifs is 1. The van der Waals surface area contributed by atoms with Crippen LogP contribution >= 0.6 is 11.3 Å². The lowest BCUT2D eigenvalue weighted by molar-refractivity contribution is 0.311. The number of nitrogen functional groups attached to an aromatic ring is 1. The van der Waals surface area contributed by atoms with E-state index in [1.54, 1.807) is 11.3 Å². The van der Waals surface area contributed by atoms with Crippen molar-refractivity contribution in [3.63, 3.8) is 0 Å². The number of pyridine rings is 1. The van der Waals surface area contributed by atoms with Gasteiger partial charge in [-0.05, 0) is 35.7 Å². The van der Waals surface area contributed by atoms with Crippen molar-refractivity contribution in [2.75, 3.05) is 12.3 Å². The summed E-state index contributed by atoms with van der Waals surface area (Å²) in [4.78, 5) is 5.79. The molecule has 96 valence electrons. The van der Waals surface area contributed by atoms with Crippen molar-refractivity contribution in [2.24, 2.45) is 0 Å². The molecule has 2 heterocycles. The van der Waals surface area contributed by atoms with Gasteiger partial charge in [0.05, 0.1) is 12.1 Å². The molecular weight excluding hydrogens is 256 g/mol. The van der Waals surface area contributed by atoms with Crippen molar-refractivity contribution >= 4 is 27.9 Å². The van der Waals surface area contributed by atoms with Crippen LogP contribution in [-0.2, 0) is 6.42 Å². The SMILES string of the molecule is Nc1ccc2nc(OCCc3cccs3)ccc2c1. The average molecular weight is 270 g/mol. The Kier molecular flexibility index (Phi) is 3.33. The molecule has 1 aromatic carbocycles. The summed E-state index contributed by atoms with van der Waals surface area (Å²) in [5.74, 6) is 0.661. The monoisotopic (exact) mass is 270 g/mol. The molecule has 0 radical (unpaired) electrons. The first kappa shape index (κ1) is 12.0. The number of nitrogens with zero attached hydrogens (tertiary/aromatic N) is 1. The normalized spacial score (nSPS) is 10.7. The number of benzene rings is 1. The summed E-state index contributed by atoms with van der Waals surface area (Å²) in [5, 5.41) is 3.11. The number of aromatic nitrogens is 1. The van der Waals surface area contributed by atoms with Crippen LogP contribution in [0.1, 0.15) is 4.88 Å². The van der Waals surface area contributed by atoms with Gasteiger partial charge in [0.25, 0.3) is 0 Å². The predicted molar refractivity (Wildman–Crippen MR) is 79.7 cm³/mol. The second-order valence-corrected chi connectivity index (χ2v) is 5.31. The van der Waals surface area contributed by atoms with E-state index in [1.807, 2.05) is 30.3 Å². The molecule has 0 saturated carbocycles. The summed E-state index contributed by atoms with van der Waals surface area (Å²) in [6.45, 7) is 0.647. The lowest BCUT2D eigenvalue weighted by atomic mass is 10.2. The summed E-state index contributed by atoms with van der Waals surface area (Å²) in [7, 11) is 0. The lowest BCUT2D eigenvalue weighted by Crippen LogP contribution is -2.01.